The fraction of sp³-hybridized carbons (Fsp3) is 0.684. The Morgan fingerprint density at radius 3 is 2.25 bits per heavy atom. The van der Waals surface area contributed by atoms with Crippen LogP contribution in [-0.4, -0.2) is 39.6 Å². The Balaban J connectivity index is 2.17. The van der Waals surface area contributed by atoms with Crippen molar-refractivity contribution in [2.75, 3.05) is 25.9 Å². The van der Waals surface area contributed by atoms with Crippen molar-refractivity contribution in [3.05, 3.63) is 17.0 Å². The lowest BCUT2D eigenvalue weighted by atomic mass is 9.92. The molecule has 0 bridgehead atoms. The summed E-state index contributed by atoms with van der Waals surface area (Å²) in [5.74, 6) is 1.68. The standard InChI is InChI=1S/C19H31N5/c1-11(2)15-17-19(24(12(3)4)18(15)20)22-16(13(5)21-17)14-7-9-23(6)10-8-14/h11-12,14H,7-10,20H2,1-6H3. The maximum atomic E-state index is 6.49. The number of likely N-dealkylation sites (tertiary alicyclic amines) is 1. The first-order valence-corrected chi connectivity index (χ1v) is 9.17. The maximum Gasteiger partial charge on any atom is 0.161 e. The monoisotopic (exact) mass is 329 g/mol. The summed E-state index contributed by atoms with van der Waals surface area (Å²) in [7, 11) is 2.19. The highest BCUT2D eigenvalue weighted by molar-refractivity contribution is 5.84. The van der Waals surface area contributed by atoms with Crippen LogP contribution in [0, 0.1) is 6.92 Å². The predicted octanol–water partition coefficient (Wildman–Crippen LogP) is 3.84. The van der Waals surface area contributed by atoms with Crippen LogP contribution in [0.25, 0.3) is 11.2 Å². The molecule has 2 N–H and O–H groups in total. The number of hydrogen-bond acceptors (Lipinski definition) is 4. The number of nitrogen functional groups attached to an aromatic ring is 1. The second-order valence-corrected chi connectivity index (χ2v) is 7.86. The van der Waals surface area contributed by atoms with E-state index < -0.39 is 0 Å². The Bertz CT molecular complexity index is 736. The van der Waals surface area contributed by atoms with Crippen LogP contribution < -0.4 is 5.73 Å². The molecule has 1 aliphatic rings. The summed E-state index contributed by atoms with van der Waals surface area (Å²) in [6.07, 6.45) is 2.32. The van der Waals surface area contributed by atoms with E-state index in [9.17, 15) is 0 Å². The third-order valence-electron chi connectivity index (χ3n) is 5.31. The summed E-state index contributed by atoms with van der Waals surface area (Å²) in [5, 5.41) is 0. The first kappa shape index (κ1) is 17.2. The normalized spacial score (nSPS) is 17.5. The van der Waals surface area contributed by atoms with Gasteiger partial charge in [0.25, 0.3) is 0 Å². The zero-order chi connectivity index (χ0) is 17.6. The third-order valence-corrected chi connectivity index (χ3v) is 5.31. The van der Waals surface area contributed by atoms with E-state index in [1.54, 1.807) is 0 Å². The maximum absolute atomic E-state index is 6.49. The number of piperidine rings is 1. The molecule has 0 aromatic carbocycles. The molecule has 5 heteroatoms. The van der Waals surface area contributed by atoms with Crippen LogP contribution in [0.1, 0.15) is 75.4 Å². The Kier molecular flexibility index (Phi) is 4.56. The smallest absolute Gasteiger partial charge is 0.161 e. The summed E-state index contributed by atoms with van der Waals surface area (Å²) in [6, 6.07) is 0.280. The van der Waals surface area contributed by atoms with Crippen LogP contribution in [0.15, 0.2) is 0 Å². The van der Waals surface area contributed by atoms with Gasteiger partial charge >= 0.3 is 0 Å². The van der Waals surface area contributed by atoms with Crippen LogP contribution in [0.2, 0.25) is 0 Å². The topological polar surface area (TPSA) is 60.0 Å². The van der Waals surface area contributed by atoms with Crippen molar-refractivity contribution >= 4 is 17.0 Å². The summed E-state index contributed by atoms with van der Waals surface area (Å²) < 4.78 is 2.16. The Hall–Kier alpha value is -1.62. The highest BCUT2D eigenvalue weighted by Crippen LogP contribution is 2.36. The third kappa shape index (κ3) is 2.79. The van der Waals surface area contributed by atoms with E-state index in [0.717, 1.165) is 54.2 Å². The number of hydrogen-bond donors (Lipinski definition) is 1. The number of nitrogens with zero attached hydrogens (tertiary/aromatic N) is 4. The van der Waals surface area contributed by atoms with Crippen molar-refractivity contribution < 1.29 is 0 Å². The fourth-order valence-corrected chi connectivity index (χ4v) is 4.00. The van der Waals surface area contributed by atoms with E-state index in [2.05, 4.69) is 51.1 Å². The van der Waals surface area contributed by atoms with Gasteiger partial charge in [-0.15, -0.1) is 0 Å². The Morgan fingerprint density at radius 2 is 1.71 bits per heavy atom. The van der Waals surface area contributed by atoms with Crippen molar-refractivity contribution in [3.8, 4) is 0 Å². The minimum Gasteiger partial charge on any atom is -0.385 e. The number of anilines is 1. The molecule has 3 rings (SSSR count). The van der Waals surface area contributed by atoms with E-state index in [4.69, 9.17) is 15.7 Å². The van der Waals surface area contributed by atoms with Crippen LogP contribution in [0.5, 0.6) is 0 Å². The van der Waals surface area contributed by atoms with Gasteiger partial charge in [-0.1, -0.05) is 13.8 Å². The molecule has 24 heavy (non-hydrogen) atoms. The number of aryl methyl sites for hydroxylation is 1. The molecule has 0 saturated carbocycles. The molecule has 2 aromatic rings. The van der Waals surface area contributed by atoms with Gasteiger partial charge in [0.15, 0.2) is 5.65 Å². The van der Waals surface area contributed by atoms with Gasteiger partial charge < -0.3 is 15.2 Å². The average molecular weight is 329 g/mol. The van der Waals surface area contributed by atoms with Gasteiger partial charge in [-0.25, -0.2) is 9.97 Å². The van der Waals surface area contributed by atoms with E-state index in [1.165, 1.54) is 5.69 Å². The highest BCUT2D eigenvalue weighted by Gasteiger charge is 2.26. The van der Waals surface area contributed by atoms with Gasteiger partial charge in [0.2, 0.25) is 0 Å². The zero-order valence-electron chi connectivity index (χ0n) is 15.9. The molecular weight excluding hydrogens is 298 g/mol. The van der Waals surface area contributed by atoms with Crippen molar-refractivity contribution in [1.29, 1.82) is 0 Å². The van der Waals surface area contributed by atoms with Crippen LogP contribution >= 0.6 is 0 Å². The van der Waals surface area contributed by atoms with Crippen molar-refractivity contribution in [1.82, 2.24) is 19.4 Å². The van der Waals surface area contributed by atoms with Crippen LogP contribution in [-0.2, 0) is 0 Å². The number of nitrogens with two attached hydrogens (primary N) is 1. The number of aromatic nitrogens is 3. The molecule has 3 heterocycles. The molecular formula is C19H31N5. The van der Waals surface area contributed by atoms with Crippen LogP contribution in [0.3, 0.4) is 0 Å². The first-order chi connectivity index (χ1) is 11.3. The molecule has 1 fully saturated rings. The predicted molar refractivity (Wildman–Crippen MR) is 101 cm³/mol. The van der Waals surface area contributed by atoms with Crippen molar-refractivity contribution in [2.45, 2.75) is 65.3 Å². The second kappa shape index (κ2) is 6.36. The number of fused-ring (bicyclic) bond motifs is 1. The van der Waals surface area contributed by atoms with Gasteiger partial charge in [0.05, 0.1) is 11.4 Å². The zero-order valence-corrected chi connectivity index (χ0v) is 15.9. The first-order valence-electron chi connectivity index (χ1n) is 9.17. The van der Waals surface area contributed by atoms with Gasteiger partial charge in [0.1, 0.15) is 11.3 Å². The summed E-state index contributed by atoms with van der Waals surface area (Å²) >= 11 is 0. The van der Waals surface area contributed by atoms with E-state index in [0.29, 0.717) is 11.8 Å². The molecule has 0 unspecified atom stereocenters. The molecule has 0 spiro atoms. The molecule has 0 amide bonds. The molecule has 5 nitrogen and oxygen atoms in total. The lowest BCUT2D eigenvalue weighted by molar-refractivity contribution is 0.253. The number of rotatable bonds is 3. The van der Waals surface area contributed by atoms with Gasteiger partial charge in [-0.05, 0) is 59.7 Å². The van der Waals surface area contributed by atoms with E-state index in [-0.39, 0.29) is 6.04 Å². The molecule has 0 radical (unpaired) electrons. The second-order valence-electron chi connectivity index (χ2n) is 7.86. The molecule has 1 saturated heterocycles. The van der Waals surface area contributed by atoms with Gasteiger partial charge in [-0.3, -0.25) is 0 Å². The largest absolute Gasteiger partial charge is 0.385 e. The fourth-order valence-electron chi connectivity index (χ4n) is 4.00. The summed E-state index contributed by atoms with van der Waals surface area (Å²) in [5.41, 5.74) is 11.8. The average Bonchev–Trinajstić information content (AvgIpc) is 2.78. The SMILES string of the molecule is Cc1nc2c(C(C)C)c(N)n(C(C)C)c2nc1C1CCN(C)CC1. The quantitative estimate of drug-likeness (QED) is 0.929. The van der Waals surface area contributed by atoms with Gasteiger partial charge in [-0.2, -0.15) is 0 Å². The molecule has 132 valence electrons. The Labute approximate surface area is 145 Å². The minimum atomic E-state index is 0.280. The van der Waals surface area contributed by atoms with E-state index in [1.807, 2.05) is 0 Å². The highest BCUT2D eigenvalue weighted by atomic mass is 15.1. The molecule has 0 aliphatic carbocycles. The molecule has 1 aliphatic heterocycles. The molecule has 2 aromatic heterocycles. The lowest BCUT2D eigenvalue weighted by Crippen LogP contribution is -2.30. The van der Waals surface area contributed by atoms with Gasteiger partial charge in [0, 0.05) is 17.5 Å². The summed E-state index contributed by atoms with van der Waals surface area (Å²) in [4.78, 5) is 12.5. The van der Waals surface area contributed by atoms with Crippen molar-refractivity contribution in [2.24, 2.45) is 0 Å². The summed E-state index contributed by atoms with van der Waals surface area (Å²) in [6.45, 7) is 13.1. The van der Waals surface area contributed by atoms with E-state index >= 15 is 0 Å². The van der Waals surface area contributed by atoms with Crippen molar-refractivity contribution in [3.63, 3.8) is 0 Å². The lowest BCUT2D eigenvalue weighted by Gasteiger charge is -2.29. The molecule has 0 atom stereocenters. The Morgan fingerprint density at radius 1 is 1.08 bits per heavy atom. The van der Waals surface area contributed by atoms with Crippen LogP contribution in [0.4, 0.5) is 5.82 Å². The minimum absolute atomic E-state index is 0.280.